The van der Waals surface area contributed by atoms with E-state index in [4.69, 9.17) is 5.73 Å². The normalized spacial score (nSPS) is 12.5. The number of fused-ring (bicyclic) bond motifs is 1. The molecule has 4 rings (SSSR count). The summed E-state index contributed by atoms with van der Waals surface area (Å²) in [7, 11) is -3.50. The highest BCUT2D eigenvalue weighted by molar-refractivity contribution is 7.89. The van der Waals surface area contributed by atoms with Crippen LogP contribution < -0.4 is 5.73 Å². The number of nitrogen functional groups attached to an aromatic ring is 1. The SMILES string of the molecule is CC(C)(C)c1nnc(CS(=O)(=O)Cc2cc(N)nc(-c3ccc4[nH]ccc4c3)n2)s1. The Morgan fingerprint density at radius 2 is 1.87 bits per heavy atom. The molecule has 156 valence electrons. The second kappa shape index (κ2) is 7.44. The first-order valence-electron chi connectivity index (χ1n) is 9.33. The van der Waals surface area contributed by atoms with E-state index >= 15 is 0 Å². The molecular weight excluding hydrogens is 420 g/mol. The number of hydrogen-bond donors (Lipinski definition) is 2. The van der Waals surface area contributed by atoms with Crippen LogP contribution in [-0.4, -0.2) is 33.6 Å². The average molecular weight is 443 g/mol. The predicted octanol–water partition coefficient (Wildman–Crippen LogP) is 3.47. The van der Waals surface area contributed by atoms with E-state index in [2.05, 4.69) is 25.1 Å². The molecule has 0 aliphatic rings. The number of aromatic nitrogens is 5. The summed E-state index contributed by atoms with van der Waals surface area (Å²) >= 11 is 1.32. The zero-order chi connectivity index (χ0) is 21.5. The molecular formula is C20H22N6O2S2. The van der Waals surface area contributed by atoms with Gasteiger partial charge >= 0.3 is 0 Å². The van der Waals surface area contributed by atoms with Gasteiger partial charge in [0.05, 0.1) is 11.4 Å². The van der Waals surface area contributed by atoms with Crippen LogP contribution in [0.3, 0.4) is 0 Å². The number of nitrogens with zero attached hydrogens (tertiary/aromatic N) is 4. The number of H-pyrrole nitrogens is 1. The minimum Gasteiger partial charge on any atom is -0.384 e. The van der Waals surface area contributed by atoms with Crippen LogP contribution in [0.5, 0.6) is 0 Å². The van der Waals surface area contributed by atoms with Crippen LogP contribution in [0.4, 0.5) is 5.82 Å². The number of rotatable bonds is 5. The van der Waals surface area contributed by atoms with Gasteiger partial charge < -0.3 is 10.7 Å². The monoisotopic (exact) mass is 442 g/mol. The van der Waals surface area contributed by atoms with Gasteiger partial charge in [-0.3, -0.25) is 0 Å². The first kappa shape index (κ1) is 20.4. The number of sulfone groups is 1. The molecule has 0 unspecified atom stereocenters. The van der Waals surface area contributed by atoms with Gasteiger partial charge in [-0.05, 0) is 24.3 Å². The van der Waals surface area contributed by atoms with Gasteiger partial charge in [-0.1, -0.05) is 32.1 Å². The largest absolute Gasteiger partial charge is 0.384 e. The molecule has 0 amide bonds. The van der Waals surface area contributed by atoms with Crippen molar-refractivity contribution in [2.24, 2.45) is 0 Å². The molecule has 10 heteroatoms. The third kappa shape index (κ3) is 4.49. The fourth-order valence-electron chi connectivity index (χ4n) is 2.99. The van der Waals surface area contributed by atoms with E-state index < -0.39 is 9.84 Å². The smallest absolute Gasteiger partial charge is 0.162 e. The molecule has 0 spiro atoms. The molecule has 0 atom stereocenters. The Balaban J connectivity index is 1.58. The standard InChI is InChI=1S/C20H22N6O2S2/c1-20(2,3)19-26-25-17(29-19)11-30(27,28)10-14-9-16(21)24-18(23-14)13-4-5-15-12(8-13)6-7-22-15/h4-9,22H,10-11H2,1-3H3,(H2,21,23,24). The Hall–Kier alpha value is -2.85. The van der Waals surface area contributed by atoms with E-state index in [9.17, 15) is 8.42 Å². The van der Waals surface area contributed by atoms with Crippen molar-refractivity contribution in [3.63, 3.8) is 0 Å². The number of nitrogens with one attached hydrogen (secondary N) is 1. The van der Waals surface area contributed by atoms with Gasteiger partial charge in [0, 0.05) is 34.1 Å². The zero-order valence-electron chi connectivity index (χ0n) is 16.9. The Morgan fingerprint density at radius 3 is 2.60 bits per heavy atom. The fourth-order valence-corrected chi connectivity index (χ4v) is 5.60. The number of aromatic amines is 1. The molecule has 0 fully saturated rings. The summed E-state index contributed by atoms with van der Waals surface area (Å²) in [4.78, 5) is 11.9. The quantitative estimate of drug-likeness (QED) is 0.484. The van der Waals surface area contributed by atoms with E-state index in [1.165, 1.54) is 17.4 Å². The lowest BCUT2D eigenvalue weighted by molar-refractivity contribution is 0.577. The number of benzene rings is 1. The van der Waals surface area contributed by atoms with Crippen LogP contribution in [0.15, 0.2) is 36.5 Å². The highest BCUT2D eigenvalue weighted by Gasteiger charge is 2.23. The molecule has 3 heterocycles. The lowest BCUT2D eigenvalue weighted by atomic mass is 9.98. The highest BCUT2D eigenvalue weighted by Crippen LogP contribution is 2.27. The van der Waals surface area contributed by atoms with Crippen molar-refractivity contribution in [3.8, 4) is 11.4 Å². The molecule has 1 aromatic carbocycles. The van der Waals surface area contributed by atoms with Gasteiger partial charge in [0.15, 0.2) is 15.7 Å². The number of hydrogen-bond acceptors (Lipinski definition) is 8. The molecule has 8 nitrogen and oxygen atoms in total. The third-order valence-corrected chi connectivity index (χ3v) is 7.41. The van der Waals surface area contributed by atoms with Crippen LogP contribution in [0.1, 0.15) is 36.5 Å². The summed E-state index contributed by atoms with van der Waals surface area (Å²) in [6.45, 7) is 6.05. The van der Waals surface area contributed by atoms with Gasteiger partial charge in [0.25, 0.3) is 0 Å². The van der Waals surface area contributed by atoms with Crippen LogP contribution >= 0.6 is 11.3 Å². The Kier molecular flexibility index (Phi) is 5.07. The van der Waals surface area contributed by atoms with E-state index in [0.29, 0.717) is 16.5 Å². The van der Waals surface area contributed by atoms with Crippen molar-refractivity contribution in [2.45, 2.75) is 37.7 Å². The number of nitrogens with two attached hydrogens (primary N) is 1. The minimum absolute atomic E-state index is 0.170. The molecule has 0 saturated carbocycles. The lowest BCUT2D eigenvalue weighted by Crippen LogP contribution is -2.10. The van der Waals surface area contributed by atoms with Crippen LogP contribution in [0, 0.1) is 0 Å². The maximum Gasteiger partial charge on any atom is 0.162 e. The molecule has 0 aliphatic carbocycles. The maximum atomic E-state index is 12.8. The average Bonchev–Trinajstić information content (AvgIpc) is 3.28. The third-order valence-electron chi connectivity index (χ3n) is 4.43. The van der Waals surface area contributed by atoms with Crippen molar-refractivity contribution in [1.29, 1.82) is 0 Å². The Labute approximate surface area is 178 Å². The van der Waals surface area contributed by atoms with Crippen molar-refractivity contribution in [1.82, 2.24) is 25.1 Å². The summed E-state index contributed by atoms with van der Waals surface area (Å²) in [5, 5.41) is 10.5. The molecule has 0 bridgehead atoms. The zero-order valence-corrected chi connectivity index (χ0v) is 18.5. The molecule has 0 radical (unpaired) electrons. The van der Waals surface area contributed by atoms with E-state index in [-0.39, 0.29) is 22.7 Å². The van der Waals surface area contributed by atoms with E-state index in [1.54, 1.807) is 0 Å². The topological polar surface area (TPSA) is 128 Å². The van der Waals surface area contributed by atoms with Gasteiger partial charge in [-0.25, -0.2) is 18.4 Å². The molecule has 4 aromatic rings. The molecule has 0 saturated heterocycles. The second-order valence-electron chi connectivity index (χ2n) is 8.17. The van der Waals surface area contributed by atoms with Crippen molar-refractivity contribution < 1.29 is 8.42 Å². The van der Waals surface area contributed by atoms with Crippen LogP contribution in [0.2, 0.25) is 0 Å². The second-order valence-corrected chi connectivity index (χ2v) is 11.3. The molecule has 30 heavy (non-hydrogen) atoms. The summed E-state index contributed by atoms with van der Waals surface area (Å²) in [5.74, 6) is 0.193. The van der Waals surface area contributed by atoms with Crippen LogP contribution in [0.25, 0.3) is 22.3 Å². The first-order valence-corrected chi connectivity index (χ1v) is 12.0. The Morgan fingerprint density at radius 1 is 1.07 bits per heavy atom. The molecule has 0 aliphatic heterocycles. The van der Waals surface area contributed by atoms with Gasteiger partial charge in [-0.2, -0.15) is 0 Å². The van der Waals surface area contributed by atoms with Crippen molar-refractivity contribution in [2.75, 3.05) is 5.73 Å². The highest BCUT2D eigenvalue weighted by atomic mass is 32.2. The minimum atomic E-state index is -3.50. The predicted molar refractivity (Wildman–Crippen MR) is 119 cm³/mol. The van der Waals surface area contributed by atoms with E-state index in [0.717, 1.165) is 21.5 Å². The maximum absolute atomic E-state index is 12.8. The fraction of sp³-hybridized carbons (Fsp3) is 0.300. The summed E-state index contributed by atoms with van der Waals surface area (Å²) in [6.07, 6.45) is 1.85. The van der Waals surface area contributed by atoms with Gasteiger partial charge in [0.2, 0.25) is 0 Å². The van der Waals surface area contributed by atoms with Crippen LogP contribution in [-0.2, 0) is 26.8 Å². The molecule has 3 aromatic heterocycles. The van der Waals surface area contributed by atoms with E-state index in [1.807, 2.05) is 51.2 Å². The first-order chi connectivity index (χ1) is 14.1. The van der Waals surface area contributed by atoms with Crippen molar-refractivity contribution >= 4 is 37.9 Å². The number of anilines is 1. The lowest BCUT2D eigenvalue weighted by Gasteiger charge is -2.12. The van der Waals surface area contributed by atoms with Gasteiger partial charge in [-0.15, -0.1) is 10.2 Å². The molecule has 3 N–H and O–H groups in total. The van der Waals surface area contributed by atoms with Crippen molar-refractivity contribution in [3.05, 3.63) is 52.2 Å². The summed E-state index contributed by atoms with van der Waals surface area (Å²) < 4.78 is 25.5. The summed E-state index contributed by atoms with van der Waals surface area (Å²) in [6, 6.07) is 9.19. The Bertz CT molecular complexity index is 1320. The van der Waals surface area contributed by atoms with Gasteiger partial charge in [0.1, 0.15) is 21.6 Å². The summed E-state index contributed by atoms with van der Waals surface area (Å²) in [5.41, 5.74) is 7.89.